The first-order chi connectivity index (χ1) is 8.16. The van der Waals surface area contributed by atoms with Crippen LogP contribution in [0.15, 0.2) is 69.3 Å². The van der Waals surface area contributed by atoms with E-state index in [9.17, 15) is 4.21 Å². The Bertz CT molecular complexity index is 606. The molecule has 2 aromatic carbocycles. The SMILES string of the molecule is CSc1ccccc1S(=N)(=O)c1ccccc1. The highest BCUT2D eigenvalue weighted by molar-refractivity contribution is 7.99. The first kappa shape index (κ1) is 12.2. The van der Waals surface area contributed by atoms with Gasteiger partial charge in [0.15, 0.2) is 0 Å². The maximum absolute atomic E-state index is 12.6. The van der Waals surface area contributed by atoms with Gasteiger partial charge in [0.1, 0.15) is 9.73 Å². The molecule has 0 aliphatic rings. The van der Waals surface area contributed by atoms with Crippen LogP contribution in [0, 0.1) is 4.78 Å². The van der Waals surface area contributed by atoms with Crippen molar-refractivity contribution in [1.82, 2.24) is 0 Å². The van der Waals surface area contributed by atoms with E-state index in [0.29, 0.717) is 9.79 Å². The molecule has 1 unspecified atom stereocenters. The zero-order valence-electron chi connectivity index (χ0n) is 9.42. The molecule has 2 nitrogen and oxygen atoms in total. The minimum absolute atomic E-state index is 0.557. The molecule has 0 aromatic heterocycles. The molecule has 0 amide bonds. The van der Waals surface area contributed by atoms with Crippen LogP contribution in [-0.2, 0) is 9.73 Å². The average Bonchev–Trinajstić information content (AvgIpc) is 2.39. The van der Waals surface area contributed by atoms with Crippen molar-refractivity contribution in [1.29, 1.82) is 4.78 Å². The molecule has 4 heteroatoms. The summed E-state index contributed by atoms with van der Waals surface area (Å²) in [6.07, 6.45) is 1.93. The number of hydrogen-bond donors (Lipinski definition) is 1. The molecule has 0 radical (unpaired) electrons. The summed E-state index contributed by atoms with van der Waals surface area (Å²) in [4.78, 5) is 2.05. The van der Waals surface area contributed by atoms with E-state index in [-0.39, 0.29) is 0 Å². The minimum Gasteiger partial charge on any atom is -0.245 e. The quantitative estimate of drug-likeness (QED) is 0.854. The molecular formula is C13H13NOS2. The molecular weight excluding hydrogens is 250 g/mol. The van der Waals surface area contributed by atoms with Crippen molar-refractivity contribution in [3.8, 4) is 0 Å². The molecule has 88 valence electrons. The summed E-state index contributed by atoms with van der Waals surface area (Å²) in [6, 6.07) is 16.4. The fourth-order valence-corrected chi connectivity index (χ4v) is 4.10. The lowest BCUT2D eigenvalue weighted by Crippen LogP contribution is -2.01. The third kappa shape index (κ3) is 2.37. The average molecular weight is 263 g/mol. The molecule has 1 N–H and O–H groups in total. The van der Waals surface area contributed by atoms with Gasteiger partial charge in [-0.25, -0.2) is 8.99 Å². The third-order valence-corrected chi connectivity index (χ3v) is 5.29. The third-order valence-electron chi connectivity index (χ3n) is 2.45. The monoisotopic (exact) mass is 263 g/mol. The normalized spacial score (nSPS) is 14.2. The highest BCUT2D eigenvalue weighted by Crippen LogP contribution is 2.29. The van der Waals surface area contributed by atoms with Crippen LogP contribution in [0.25, 0.3) is 0 Å². The van der Waals surface area contributed by atoms with E-state index in [2.05, 4.69) is 0 Å². The first-order valence-electron chi connectivity index (χ1n) is 5.13. The molecule has 0 bridgehead atoms. The Morgan fingerprint density at radius 1 is 1.00 bits per heavy atom. The van der Waals surface area contributed by atoms with Crippen LogP contribution in [0.5, 0.6) is 0 Å². The minimum atomic E-state index is -2.90. The van der Waals surface area contributed by atoms with Crippen LogP contribution in [-0.4, -0.2) is 10.5 Å². The highest BCUT2D eigenvalue weighted by atomic mass is 32.2. The van der Waals surface area contributed by atoms with E-state index < -0.39 is 9.73 Å². The molecule has 17 heavy (non-hydrogen) atoms. The predicted octanol–water partition coefficient (Wildman–Crippen LogP) is 3.87. The second kappa shape index (κ2) is 4.94. The fourth-order valence-electron chi connectivity index (χ4n) is 1.60. The van der Waals surface area contributed by atoms with Gasteiger partial charge in [-0.3, -0.25) is 0 Å². The van der Waals surface area contributed by atoms with Crippen LogP contribution >= 0.6 is 11.8 Å². The van der Waals surface area contributed by atoms with Gasteiger partial charge in [-0.05, 0) is 30.5 Å². The summed E-state index contributed by atoms with van der Waals surface area (Å²) in [5.41, 5.74) is 0. The molecule has 0 spiro atoms. The summed E-state index contributed by atoms with van der Waals surface area (Å²) in [5, 5.41) is 0. The van der Waals surface area contributed by atoms with Crippen molar-refractivity contribution in [3.63, 3.8) is 0 Å². The van der Waals surface area contributed by atoms with Crippen molar-refractivity contribution in [2.45, 2.75) is 14.7 Å². The number of thioether (sulfide) groups is 1. The van der Waals surface area contributed by atoms with Crippen LogP contribution in [0.2, 0.25) is 0 Å². The largest absolute Gasteiger partial charge is 0.245 e. The molecule has 0 saturated heterocycles. The lowest BCUT2D eigenvalue weighted by atomic mass is 10.4. The van der Waals surface area contributed by atoms with Crippen LogP contribution in [0.3, 0.4) is 0 Å². The zero-order valence-corrected chi connectivity index (χ0v) is 11.1. The van der Waals surface area contributed by atoms with Gasteiger partial charge in [0.25, 0.3) is 0 Å². The van der Waals surface area contributed by atoms with E-state index in [0.717, 1.165) is 4.90 Å². The topological polar surface area (TPSA) is 40.9 Å². The standard InChI is InChI=1S/C13H13NOS2/c1-16-12-9-5-6-10-13(12)17(14,15)11-7-3-2-4-8-11/h2-10,14H,1H3. The van der Waals surface area contributed by atoms with Crippen molar-refractivity contribution in [3.05, 3.63) is 54.6 Å². The summed E-state index contributed by atoms with van der Waals surface area (Å²) in [6.45, 7) is 0. The van der Waals surface area contributed by atoms with Crippen molar-refractivity contribution < 1.29 is 4.21 Å². The Labute approximate surface area is 106 Å². The van der Waals surface area contributed by atoms with Gasteiger partial charge in [-0.2, -0.15) is 0 Å². The van der Waals surface area contributed by atoms with E-state index >= 15 is 0 Å². The van der Waals surface area contributed by atoms with Crippen molar-refractivity contribution >= 4 is 21.5 Å². The van der Waals surface area contributed by atoms with Gasteiger partial charge in [-0.1, -0.05) is 30.3 Å². The summed E-state index contributed by atoms with van der Waals surface area (Å²) >= 11 is 1.52. The molecule has 0 aliphatic carbocycles. The van der Waals surface area contributed by atoms with Crippen LogP contribution < -0.4 is 0 Å². The second-order valence-electron chi connectivity index (χ2n) is 3.52. The molecule has 0 fully saturated rings. The maximum Gasteiger partial charge on any atom is 0.102 e. The smallest absolute Gasteiger partial charge is 0.102 e. The lowest BCUT2D eigenvalue weighted by molar-refractivity contribution is 0.673. The number of nitrogens with one attached hydrogen (secondary N) is 1. The molecule has 0 heterocycles. The fraction of sp³-hybridized carbons (Fsp3) is 0.0769. The second-order valence-corrected chi connectivity index (χ2v) is 6.39. The van der Waals surface area contributed by atoms with E-state index in [1.54, 1.807) is 18.2 Å². The Morgan fingerprint density at radius 2 is 1.59 bits per heavy atom. The Kier molecular flexibility index (Phi) is 3.54. The lowest BCUT2D eigenvalue weighted by Gasteiger charge is -2.11. The van der Waals surface area contributed by atoms with Crippen LogP contribution in [0.4, 0.5) is 0 Å². The first-order valence-corrected chi connectivity index (χ1v) is 7.91. The van der Waals surface area contributed by atoms with Gasteiger partial charge >= 0.3 is 0 Å². The van der Waals surface area contributed by atoms with Crippen LogP contribution in [0.1, 0.15) is 0 Å². The predicted molar refractivity (Wildman–Crippen MR) is 72.1 cm³/mol. The van der Waals surface area contributed by atoms with E-state index in [1.165, 1.54) is 11.8 Å². The Balaban J connectivity index is 2.61. The number of rotatable bonds is 3. The molecule has 0 aliphatic heterocycles. The van der Waals surface area contributed by atoms with Gasteiger partial charge in [-0.15, -0.1) is 11.8 Å². The molecule has 0 saturated carbocycles. The van der Waals surface area contributed by atoms with E-state index in [1.807, 2.05) is 42.7 Å². The summed E-state index contributed by atoms with van der Waals surface area (Å²) < 4.78 is 20.8. The zero-order chi connectivity index (χ0) is 12.3. The number of hydrogen-bond acceptors (Lipinski definition) is 3. The molecule has 1 atom stereocenters. The summed E-state index contributed by atoms with van der Waals surface area (Å²) in [5.74, 6) is 0. The highest BCUT2D eigenvalue weighted by Gasteiger charge is 2.16. The Morgan fingerprint density at radius 3 is 2.24 bits per heavy atom. The van der Waals surface area contributed by atoms with Crippen molar-refractivity contribution in [2.75, 3.05) is 6.26 Å². The Hall–Kier alpha value is -1.26. The van der Waals surface area contributed by atoms with Gasteiger partial charge in [0, 0.05) is 4.90 Å². The molecule has 2 aromatic rings. The molecule has 2 rings (SSSR count). The van der Waals surface area contributed by atoms with Gasteiger partial charge in [0.05, 0.1) is 9.79 Å². The summed E-state index contributed by atoms with van der Waals surface area (Å²) in [7, 11) is -2.90. The maximum atomic E-state index is 12.6. The van der Waals surface area contributed by atoms with Crippen molar-refractivity contribution in [2.24, 2.45) is 0 Å². The van der Waals surface area contributed by atoms with Gasteiger partial charge in [0.2, 0.25) is 0 Å². The number of benzene rings is 2. The van der Waals surface area contributed by atoms with Gasteiger partial charge < -0.3 is 0 Å². The van der Waals surface area contributed by atoms with E-state index in [4.69, 9.17) is 4.78 Å².